The molecular weight excluding hydrogens is 424 g/mol. The number of rotatable bonds is 4. The monoisotopic (exact) mass is 440 g/mol. The van der Waals surface area contributed by atoms with Crippen LogP contribution in [-0.4, -0.2) is 37.9 Å². The summed E-state index contributed by atoms with van der Waals surface area (Å²) in [7, 11) is -0.371. The van der Waals surface area contributed by atoms with Crippen molar-refractivity contribution in [2.24, 2.45) is 14.1 Å². The predicted molar refractivity (Wildman–Crippen MR) is 113 cm³/mol. The Morgan fingerprint density at radius 2 is 1.90 bits per heavy atom. The lowest BCUT2D eigenvalue weighted by atomic mass is 10.3. The van der Waals surface area contributed by atoms with Crippen LogP contribution < -0.4 is 5.56 Å². The first-order valence-electron chi connectivity index (χ1n) is 8.99. The van der Waals surface area contributed by atoms with Crippen molar-refractivity contribution in [2.75, 3.05) is 0 Å². The Balaban J connectivity index is 1.80. The topological polar surface area (TPSA) is 116 Å². The fourth-order valence-electron chi connectivity index (χ4n) is 3.65. The lowest BCUT2D eigenvalue weighted by molar-refractivity contribution is 0.583. The van der Waals surface area contributed by atoms with E-state index in [0.717, 1.165) is 4.70 Å². The van der Waals surface area contributed by atoms with Crippen LogP contribution in [0.15, 0.2) is 58.5 Å². The number of hydrogen-bond acceptors (Lipinski definition) is 7. The van der Waals surface area contributed by atoms with Crippen LogP contribution in [0.4, 0.5) is 0 Å². The van der Waals surface area contributed by atoms with Gasteiger partial charge in [0.1, 0.15) is 10.5 Å². The molecule has 4 heterocycles. The summed E-state index contributed by atoms with van der Waals surface area (Å²) in [5.74, 6) is 0. The smallest absolute Gasteiger partial charge is 0.288 e. The van der Waals surface area contributed by atoms with Gasteiger partial charge in [0.15, 0.2) is 20.7 Å². The summed E-state index contributed by atoms with van der Waals surface area (Å²) in [4.78, 5) is 17.1. The number of benzene rings is 1. The van der Waals surface area contributed by atoms with Gasteiger partial charge in [0.2, 0.25) is 0 Å². The minimum absolute atomic E-state index is 0.207. The Bertz CT molecular complexity index is 1560. The van der Waals surface area contributed by atoms with Crippen LogP contribution in [0.5, 0.6) is 0 Å². The molecule has 4 aromatic heterocycles. The first-order chi connectivity index (χ1) is 14.4. The van der Waals surface area contributed by atoms with Gasteiger partial charge in [-0.1, -0.05) is 18.2 Å². The minimum Gasteiger partial charge on any atom is -0.323 e. The van der Waals surface area contributed by atoms with Gasteiger partial charge < -0.3 is 4.57 Å². The van der Waals surface area contributed by atoms with Crippen LogP contribution in [0.2, 0.25) is 0 Å². The van der Waals surface area contributed by atoms with Gasteiger partial charge in [-0.3, -0.25) is 9.48 Å². The molecule has 11 heteroatoms. The maximum atomic E-state index is 13.6. The molecule has 0 aliphatic rings. The van der Waals surface area contributed by atoms with Gasteiger partial charge in [-0.15, -0.1) is 11.3 Å². The molecular formula is C19H16N6O3S2. The minimum atomic E-state index is -3.81. The molecule has 5 rings (SSSR count). The first-order valence-corrected chi connectivity index (χ1v) is 11.3. The third kappa shape index (κ3) is 2.62. The van der Waals surface area contributed by atoms with Crippen LogP contribution in [0, 0.1) is 0 Å². The second-order valence-electron chi connectivity index (χ2n) is 6.84. The van der Waals surface area contributed by atoms with E-state index in [1.807, 2.05) is 0 Å². The zero-order chi connectivity index (χ0) is 21.0. The van der Waals surface area contributed by atoms with Gasteiger partial charge >= 0.3 is 0 Å². The Kier molecular flexibility index (Phi) is 4.12. The van der Waals surface area contributed by atoms with Gasteiger partial charge in [0.25, 0.3) is 5.56 Å². The highest BCUT2D eigenvalue weighted by Crippen LogP contribution is 2.40. The fraction of sp³-hybridized carbons (Fsp3) is 0.158. The quantitative estimate of drug-likeness (QED) is 0.458. The lowest BCUT2D eigenvalue weighted by Gasteiger charge is -2.16. The van der Waals surface area contributed by atoms with Crippen molar-refractivity contribution < 1.29 is 8.42 Å². The Morgan fingerprint density at radius 3 is 2.60 bits per heavy atom. The molecule has 1 aromatic carbocycles. The van der Waals surface area contributed by atoms with E-state index in [1.165, 1.54) is 11.3 Å². The highest BCUT2D eigenvalue weighted by Gasteiger charge is 2.36. The summed E-state index contributed by atoms with van der Waals surface area (Å²) < 4.78 is 31.2. The Morgan fingerprint density at radius 1 is 1.13 bits per heavy atom. The fourth-order valence-corrected chi connectivity index (χ4v) is 6.95. The van der Waals surface area contributed by atoms with E-state index in [2.05, 4.69) is 20.3 Å². The molecule has 0 aliphatic heterocycles. The van der Waals surface area contributed by atoms with E-state index < -0.39 is 15.1 Å². The molecule has 0 spiro atoms. The van der Waals surface area contributed by atoms with E-state index in [-0.39, 0.29) is 10.5 Å². The van der Waals surface area contributed by atoms with E-state index in [0.29, 0.717) is 27.3 Å². The molecule has 0 bridgehead atoms. The summed E-state index contributed by atoms with van der Waals surface area (Å²) >= 11 is 1.25. The molecule has 9 nitrogen and oxygen atoms in total. The molecule has 0 radical (unpaired) electrons. The molecule has 1 unspecified atom stereocenters. The number of sulfone groups is 1. The maximum Gasteiger partial charge on any atom is 0.288 e. The van der Waals surface area contributed by atoms with Gasteiger partial charge in [0, 0.05) is 25.7 Å². The first kappa shape index (κ1) is 18.7. The van der Waals surface area contributed by atoms with Gasteiger partial charge in [-0.05, 0) is 18.2 Å². The maximum absolute atomic E-state index is 13.6. The van der Waals surface area contributed by atoms with Crippen molar-refractivity contribution in [3.8, 4) is 0 Å². The summed E-state index contributed by atoms with van der Waals surface area (Å²) in [6, 6.07) is 9.98. The van der Waals surface area contributed by atoms with Crippen molar-refractivity contribution in [3.63, 3.8) is 0 Å². The van der Waals surface area contributed by atoms with Crippen molar-refractivity contribution in [2.45, 2.75) is 10.1 Å². The van der Waals surface area contributed by atoms with Crippen LogP contribution >= 0.6 is 11.3 Å². The molecule has 0 saturated carbocycles. The average Bonchev–Trinajstić information content (AvgIpc) is 3.41. The molecule has 30 heavy (non-hydrogen) atoms. The second kappa shape index (κ2) is 6.61. The van der Waals surface area contributed by atoms with Crippen LogP contribution in [0.1, 0.15) is 16.0 Å². The Labute approximate surface area is 174 Å². The molecule has 152 valence electrons. The highest BCUT2D eigenvalue weighted by atomic mass is 32.2. The van der Waals surface area contributed by atoms with E-state index in [4.69, 9.17) is 0 Å². The van der Waals surface area contributed by atoms with Crippen LogP contribution in [0.25, 0.3) is 21.3 Å². The number of aromatic amines is 1. The molecule has 0 fully saturated rings. The number of thiazole rings is 1. The van der Waals surface area contributed by atoms with Crippen molar-refractivity contribution in [1.29, 1.82) is 0 Å². The lowest BCUT2D eigenvalue weighted by Crippen LogP contribution is -2.18. The number of nitrogens with zero attached hydrogens (tertiary/aromatic N) is 5. The van der Waals surface area contributed by atoms with E-state index >= 15 is 0 Å². The average molecular weight is 441 g/mol. The molecule has 0 saturated heterocycles. The number of aryl methyl sites for hydroxylation is 2. The largest absolute Gasteiger partial charge is 0.323 e. The summed E-state index contributed by atoms with van der Waals surface area (Å²) in [6.45, 7) is 0. The standard InChI is InChI=1S/C19H16N6O3S2/c1-24-14-12(10-20-23-18(14)26)15-17(24)22-19(29-15)16(13-8-9-21-25(13)2)30(27,28)11-6-4-3-5-7-11/h3-10,16H,1-2H3,(H,23,26). The van der Waals surface area contributed by atoms with Crippen LogP contribution in [-0.2, 0) is 23.9 Å². The molecule has 0 amide bonds. The zero-order valence-corrected chi connectivity index (χ0v) is 17.6. The number of H-pyrrole nitrogens is 1. The number of aromatic nitrogens is 6. The van der Waals surface area contributed by atoms with Crippen molar-refractivity contribution in [1.82, 2.24) is 29.5 Å². The third-order valence-electron chi connectivity index (χ3n) is 5.09. The van der Waals surface area contributed by atoms with Crippen molar-refractivity contribution >= 4 is 42.4 Å². The summed E-state index contributed by atoms with van der Waals surface area (Å²) in [6.07, 6.45) is 3.13. The Hall–Kier alpha value is -3.31. The third-order valence-corrected chi connectivity index (χ3v) is 8.39. The molecule has 5 aromatic rings. The number of nitrogens with one attached hydrogen (secondary N) is 1. The molecule has 1 atom stereocenters. The summed E-state index contributed by atoms with van der Waals surface area (Å²) in [5.41, 5.74) is 1.19. The highest BCUT2D eigenvalue weighted by molar-refractivity contribution is 7.92. The zero-order valence-electron chi connectivity index (χ0n) is 16.0. The van der Waals surface area contributed by atoms with Crippen LogP contribution in [0.3, 0.4) is 0 Å². The van der Waals surface area contributed by atoms with Gasteiger partial charge in [-0.2, -0.15) is 10.2 Å². The van der Waals surface area contributed by atoms with E-state index in [9.17, 15) is 13.2 Å². The predicted octanol–water partition coefficient (Wildman–Crippen LogP) is 2.17. The van der Waals surface area contributed by atoms with Gasteiger partial charge in [-0.25, -0.2) is 18.5 Å². The number of fused-ring (bicyclic) bond motifs is 3. The molecule has 0 aliphatic carbocycles. The number of hydrogen-bond donors (Lipinski definition) is 1. The van der Waals surface area contributed by atoms with Gasteiger partial charge in [0.05, 0.1) is 21.5 Å². The molecule has 1 N–H and O–H groups in total. The van der Waals surface area contributed by atoms with E-state index in [1.54, 1.807) is 72.1 Å². The van der Waals surface area contributed by atoms with Crippen molar-refractivity contribution in [3.05, 3.63) is 69.8 Å². The SMILES string of the molecule is Cn1nccc1C(c1nc2c(s1)c1cn[nH]c(=O)c1n2C)S(=O)(=O)c1ccccc1. The summed E-state index contributed by atoms with van der Waals surface area (Å²) in [5, 5.41) is 10.5. The second-order valence-corrected chi connectivity index (χ2v) is 9.91. The normalized spacial score (nSPS) is 13.3.